The molecule has 3 rings (SSSR count). The summed E-state index contributed by atoms with van der Waals surface area (Å²) in [6.07, 6.45) is 1.19. The first-order valence-electron chi connectivity index (χ1n) is 8.34. The van der Waals surface area contributed by atoms with Gasteiger partial charge in [-0.15, -0.1) is 10.2 Å². The lowest BCUT2D eigenvalue weighted by molar-refractivity contribution is -0.140. The lowest BCUT2D eigenvalue weighted by Crippen LogP contribution is -2.44. The average molecular weight is 346 g/mol. The molecule has 0 spiro atoms. The van der Waals surface area contributed by atoms with Crippen LogP contribution in [0.15, 0.2) is 27.5 Å². The van der Waals surface area contributed by atoms with E-state index in [0.717, 1.165) is 0 Å². The SMILES string of the molecule is Cc1cccn(CC(=O)N2CCO[C@H](c3nnc(C(C)C)o3)C2)c1=O. The van der Waals surface area contributed by atoms with Crippen LogP contribution in [0, 0.1) is 6.92 Å². The topological polar surface area (TPSA) is 90.5 Å². The number of hydrogen-bond acceptors (Lipinski definition) is 6. The molecule has 0 aromatic carbocycles. The Balaban J connectivity index is 1.69. The summed E-state index contributed by atoms with van der Waals surface area (Å²) in [6, 6.07) is 3.49. The van der Waals surface area contributed by atoms with E-state index in [0.29, 0.717) is 37.0 Å². The van der Waals surface area contributed by atoms with E-state index in [9.17, 15) is 9.59 Å². The quantitative estimate of drug-likeness (QED) is 0.828. The van der Waals surface area contributed by atoms with E-state index >= 15 is 0 Å². The van der Waals surface area contributed by atoms with Crippen molar-refractivity contribution in [2.45, 2.75) is 39.3 Å². The Hall–Kier alpha value is -2.48. The molecule has 1 saturated heterocycles. The third-order valence-electron chi connectivity index (χ3n) is 4.16. The maximum atomic E-state index is 12.6. The number of carbonyl (C=O) groups is 1. The van der Waals surface area contributed by atoms with Gasteiger partial charge in [-0.3, -0.25) is 9.59 Å². The Bertz CT molecular complexity index is 811. The zero-order valence-corrected chi connectivity index (χ0v) is 14.6. The molecule has 8 heteroatoms. The lowest BCUT2D eigenvalue weighted by atomic mass is 10.2. The van der Waals surface area contributed by atoms with Crippen LogP contribution >= 0.6 is 0 Å². The van der Waals surface area contributed by atoms with Crippen LogP contribution in [0.3, 0.4) is 0 Å². The monoisotopic (exact) mass is 346 g/mol. The van der Waals surface area contributed by atoms with Gasteiger partial charge >= 0.3 is 0 Å². The van der Waals surface area contributed by atoms with Crippen LogP contribution < -0.4 is 5.56 Å². The number of ether oxygens (including phenoxy) is 1. The molecule has 0 N–H and O–H groups in total. The van der Waals surface area contributed by atoms with Gasteiger partial charge in [0.05, 0.1) is 13.2 Å². The molecule has 2 aromatic heterocycles. The van der Waals surface area contributed by atoms with Crippen LogP contribution in [0.2, 0.25) is 0 Å². The van der Waals surface area contributed by atoms with Gasteiger partial charge in [0.2, 0.25) is 17.7 Å². The summed E-state index contributed by atoms with van der Waals surface area (Å²) in [7, 11) is 0. The molecule has 1 atom stereocenters. The molecule has 8 nitrogen and oxygen atoms in total. The smallest absolute Gasteiger partial charge is 0.253 e. The molecule has 1 fully saturated rings. The molecule has 2 aromatic rings. The summed E-state index contributed by atoms with van der Waals surface area (Å²) in [5, 5.41) is 8.03. The Labute approximate surface area is 145 Å². The number of aromatic nitrogens is 3. The zero-order valence-electron chi connectivity index (χ0n) is 14.6. The first-order chi connectivity index (χ1) is 12.0. The first-order valence-corrected chi connectivity index (χ1v) is 8.34. The normalized spacial score (nSPS) is 17.9. The maximum absolute atomic E-state index is 12.6. The van der Waals surface area contributed by atoms with Crippen LogP contribution in [0.4, 0.5) is 0 Å². The number of rotatable bonds is 4. The lowest BCUT2D eigenvalue weighted by Gasteiger charge is -2.31. The van der Waals surface area contributed by atoms with Crippen LogP contribution in [0.5, 0.6) is 0 Å². The summed E-state index contributed by atoms with van der Waals surface area (Å²) in [5.41, 5.74) is 0.460. The summed E-state index contributed by atoms with van der Waals surface area (Å²) >= 11 is 0. The Kier molecular flexibility index (Phi) is 4.98. The predicted molar refractivity (Wildman–Crippen MR) is 89.1 cm³/mol. The fraction of sp³-hybridized carbons (Fsp3) is 0.529. The number of morpholine rings is 1. The number of amides is 1. The van der Waals surface area contributed by atoms with E-state index in [-0.39, 0.29) is 23.9 Å². The van der Waals surface area contributed by atoms with Gasteiger partial charge in [0.15, 0.2) is 6.10 Å². The molecule has 0 aliphatic carbocycles. The highest BCUT2D eigenvalue weighted by Gasteiger charge is 2.29. The van der Waals surface area contributed by atoms with E-state index in [1.165, 1.54) is 4.57 Å². The van der Waals surface area contributed by atoms with E-state index in [1.54, 1.807) is 30.2 Å². The highest BCUT2D eigenvalue weighted by Crippen LogP contribution is 2.23. The Morgan fingerprint density at radius 1 is 1.40 bits per heavy atom. The number of aryl methyl sites for hydroxylation is 1. The fourth-order valence-electron chi connectivity index (χ4n) is 2.66. The van der Waals surface area contributed by atoms with Crippen LogP contribution in [-0.2, 0) is 16.1 Å². The van der Waals surface area contributed by atoms with Gasteiger partial charge in [0.1, 0.15) is 6.54 Å². The molecule has 0 bridgehead atoms. The van der Waals surface area contributed by atoms with E-state index < -0.39 is 6.10 Å². The van der Waals surface area contributed by atoms with Crippen molar-refractivity contribution in [3.05, 3.63) is 46.0 Å². The van der Waals surface area contributed by atoms with E-state index in [2.05, 4.69) is 10.2 Å². The molecular formula is C17H22N4O4. The zero-order chi connectivity index (χ0) is 18.0. The van der Waals surface area contributed by atoms with E-state index in [4.69, 9.17) is 9.15 Å². The molecule has 1 aliphatic heterocycles. The van der Waals surface area contributed by atoms with Crippen molar-refractivity contribution in [3.8, 4) is 0 Å². The minimum atomic E-state index is -0.438. The van der Waals surface area contributed by atoms with Gasteiger partial charge in [0.25, 0.3) is 5.56 Å². The van der Waals surface area contributed by atoms with Crippen molar-refractivity contribution in [1.82, 2.24) is 19.7 Å². The average Bonchev–Trinajstić information content (AvgIpc) is 3.09. The minimum absolute atomic E-state index is 0.00824. The van der Waals surface area contributed by atoms with Crippen molar-refractivity contribution in [2.24, 2.45) is 0 Å². The number of nitrogens with zero attached hydrogens (tertiary/aromatic N) is 4. The third kappa shape index (κ3) is 3.79. The van der Waals surface area contributed by atoms with Gasteiger partial charge in [-0.25, -0.2) is 0 Å². The first kappa shape index (κ1) is 17.3. The number of hydrogen-bond donors (Lipinski definition) is 0. The van der Waals surface area contributed by atoms with Crippen LogP contribution in [0.25, 0.3) is 0 Å². The van der Waals surface area contributed by atoms with Gasteiger partial charge in [-0.2, -0.15) is 0 Å². The summed E-state index contributed by atoms with van der Waals surface area (Å²) in [6.45, 7) is 6.87. The number of pyridine rings is 1. The molecule has 25 heavy (non-hydrogen) atoms. The van der Waals surface area contributed by atoms with Gasteiger partial charge < -0.3 is 18.6 Å². The van der Waals surface area contributed by atoms with E-state index in [1.807, 2.05) is 13.8 Å². The Morgan fingerprint density at radius 3 is 2.92 bits per heavy atom. The molecule has 1 amide bonds. The summed E-state index contributed by atoms with van der Waals surface area (Å²) in [4.78, 5) is 26.3. The largest absolute Gasteiger partial charge is 0.422 e. The Morgan fingerprint density at radius 2 is 2.20 bits per heavy atom. The standard InChI is InChI=1S/C17H22N4O4/c1-11(2)15-18-19-16(25-15)13-9-20(7-8-24-13)14(22)10-21-6-4-5-12(3)17(21)23/h4-6,11,13H,7-10H2,1-3H3/t13-/m0/s1. The van der Waals surface area contributed by atoms with Crippen molar-refractivity contribution < 1.29 is 13.9 Å². The minimum Gasteiger partial charge on any atom is -0.422 e. The second kappa shape index (κ2) is 7.18. The summed E-state index contributed by atoms with van der Waals surface area (Å²) < 4.78 is 12.7. The molecular weight excluding hydrogens is 324 g/mol. The predicted octanol–water partition coefficient (Wildman–Crippen LogP) is 1.26. The van der Waals surface area contributed by atoms with Crippen molar-refractivity contribution in [2.75, 3.05) is 19.7 Å². The van der Waals surface area contributed by atoms with Gasteiger partial charge in [-0.1, -0.05) is 19.9 Å². The molecule has 3 heterocycles. The molecule has 134 valence electrons. The van der Waals surface area contributed by atoms with Crippen molar-refractivity contribution in [3.63, 3.8) is 0 Å². The van der Waals surface area contributed by atoms with Gasteiger partial charge in [-0.05, 0) is 13.0 Å². The fourth-order valence-corrected chi connectivity index (χ4v) is 2.66. The van der Waals surface area contributed by atoms with Crippen LogP contribution in [-0.4, -0.2) is 45.3 Å². The molecule has 0 radical (unpaired) electrons. The van der Waals surface area contributed by atoms with Crippen LogP contribution in [0.1, 0.15) is 43.2 Å². The molecule has 0 saturated carbocycles. The van der Waals surface area contributed by atoms with Gasteiger partial charge in [0, 0.05) is 24.2 Å². The van der Waals surface area contributed by atoms with Crippen molar-refractivity contribution in [1.29, 1.82) is 0 Å². The summed E-state index contributed by atoms with van der Waals surface area (Å²) in [5.74, 6) is 0.933. The molecule has 0 unspecified atom stereocenters. The molecule has 1 aliphatic rings. The second-order valence-corrected chi connectivity index (χ2v) is 6.46. The number of carbonyl (C=O) groups excluding carboxylic acids is 1. The highest BCUT2D eigenvalue weighted by molar-refractivity contribution is 5.76. The highest BCUT2D eigenvalue weighted by atomic mass is 16.5. The van der Waals surface area contributed by atoms with Crippen molar-refractivity contribution >= 4 is 5.91 Å². The maximum Gasteiger partial charge on any atom is 0.253 e. The third-order valence-corrected chi connectivity index (χ3v) is 4.16. The second-order valence-electron chi connectivity index (χ2n) is 6.46.